The Morgan fingerprint density at radius 2 is 0.948 bits per heavy atom. The molecule has 0 spiro atoms. The fourth-order valence-electron chi connectivity index (χ4n) is 6.97. The molecule has 334 valence electrons. The maximum Gasteiger partial charge on any atom is 0.306 e. The molecule has 0 aromatic carbocycles. The van der Waals surface area contributed by atoms with Gasteiger partial charge < -0.3 is 20.3 Å². The number of aliphatic hydroxyl groups is 2. The molecule has 6 heteroatoms. The number of hydrogen-bond donors (Lipinski definition) is 3. The molecule has 3 atom stereocenters. The topological polar surface area (TPSA) is 95.9 Å². The highest BCUT2D eigenvalue weighted by Gasteiger charge is 2.24. The lowest BCUT2D eigenvalue weighted by atomic mass is 10.0. The van der Waals surface area contributed by atoms with E-state index < -0.39 is 18.2 Å². The van der Waals surface area contributed by atoms with Gasteiger partial charge in [0, 0.05) is 6.42 Å². The monoisotopic (exact) mass is 810 g/mol. The molecule has 3 unspecified atom stereocenters. The standard InChI is InChI=1S/C52H91NO5/c1-4-7-10-13-16-19-22-24-26-28-30-33-36-39-42-45-52(57)58-48(43-40-37-34-31-21-18-15-12-9-6-3)46-51(56)53-49(47-54)50(55)44-41-38-35-32-29-27-25-23-20-17-14-11-8-5-2/h7,10,13,16,18-19,21-22,24,26,28,30,48-50,54-55H,4-6,8-9,11-12,14-15,17,20,23,25,27,29,31-47H2,1-3H3,(H,53,56)/b10-7+,16-13+,21-18-,22-19-,26-24-,30-28+. The van der Waals surface area contributed by atoms with Gasteiger partial charge in [-0.05, 0) is 70.6 Å². The highest BCUT2D eigenvalue weighted by atomic mass is 16.5. The van der Waals surface area contributed by atoms with E-state index in [1.165, 1.54) is 89.9 Å². The molecule has 0 saturated heterocycles. The third-order valence-corrected chi connectivity index (χ3v) is 10.6. The van der Waals surface area contributed by atoms with Crippen molar-refractivity contribution < 1.29 is 24.5 Å². The average Bonchev–Trinajstić information content (AvgIpc) is 3.22. The second kappa shape index (κ2) is 45.4. The Bertz CT molecular complexity index is 1090. The first-order chi connectivity index (χ1) is 28.5. The summed E-state index contributed by atoms with van der Waals surface area (Å²) in [5.41, 5.74) is 0. The summed E-state index contributed by atoms with van der Waals surface area (Å²) in [7, 11) is 0. The number of rotatable bonds is 42. The zero-order chi connectivity index (χ0) is 42.4. The van der Waals surface area contributed by atoms with E-state index in [9.17, 15) is 19.8 Å². The molecule has 0 rings (SSSR count). The van der Waals surface area contributed by atoms with E-state index in [4.69, 9.17) is 4.74 Å². The first-order valence-corrected chi connectivity index (χ1v) is 24.2. The Morgan fingerprint density at radius 3 is 1.50 bits per heavy atom. The van der Waals surface area contributed by atoms with Crippen LogP contribution in [0.5, 0.6) is 0 Å². The molecule has 0 aromatic heterocycles. The first-order valence-electron chi connectivity index (χ1n) is 24.2. The Hall–Kier alpha value is -2.70. The maximum atomic E-state index is 13.1. The fourth-order valence-corrected chi connectivity index (χ4v) is 6.97. The van der Waals surface area contributed by atoms with E-state index in [-0.39, 0.29) is 24.9 Å². The zero-order valence-electron chi connectivity index (χ0n) is 37.9. The number of esters is 1. The number of carbonyl (C=O) groups excluding carboxylic acids is 2. The summed E-state index contributed by atoms with van der Waals surface area (Å²) in [5, 5.41) is 23.7. The number of allylic oxidation sites excluding steroid dienone is 12. The van der Waals surface area contributed by atoms with E-state index in [0.29, 0.717) is 19.3 Å². The van der Waals surface area contributed by atoms with Crippen LogP contribution in [0, 0.1) is 0 Å². The number of amides is 1. The normalized spacial score (nSPS) is 13.9. The minimum atomic E-state index is -0.801. The van der Waals surface area contributed by atoms with E-state index in [1.807, 2.05) is 42.5 Å². The quantitative estimate of drug-likeness (QED) is 0.0247. The SMILES string of the molecule is CC/C=C/C=C/C=C\C=C/C=C/CCCCCC(=O)OC(CCCCC/C=C\CCCCC)CC(=O)NC(CO)C(O)CCCCCCCCCCCCCCCC. The second-order valence-electron chi connectivity index (χ2n) is 16.2. The number of aliphatic hydroxyl groups excluding tert-OH is 2. The van der Waals surface area contributed by atoms with Gasteiger partial charge in [0.05, 0.1) is 25.2 Å². The first kappa shape index (κ1) is 55.3. The largest absolute Gasteiger partial charge is 0.462 e. The zero-order valence-corrected chi connectivity index (χ0v) is 37.9. The van der Waals surface area contributed by atoms with Gasteiger partial charge in [-0.1, -0.05) is 209 Å². The number of ether oxygens (including phenoxy) is 1. The average molecular weight is 810 g/mol. The van der Waals surface area contributed by atoms with Crippen LogP contribution >= 0.6 is 0 Å². The molecular weight excluding hydrogens is 719 g/mol. The summed E-state index contributed by atoms with van der Waals surface area (Å²) in [6, 6.07) is -0.717. The Kier molecular flexibility index (Phi) is 43.3. The summed E-state index contributed by atoms with van der Waals surface area (Å²) in [4.78, 5) is 26.0. The van der Waals surface area contributed by atoms with Crippen molar-refractivity contribution in [3.63, 3.8) is 0 Å². The van der Waals surface area contributed by atoms with E-state index >= 15 is 0 Å². The van der Waals surface area contributed by atoms with Crippen LogP contribution in [0.15, 0.2) is 72.9 Å². The van der Waals surface area contributed by atoms with Crippen LogP contribution in [0.25, 0.3) is 0 Å². The molecule has 0 radical (unpaired) electrons. The number of nitrogens with one attached hydrogen (secondary N) is 1. The highest BCUT2D eigenvalue weighted by Crippen LogP contribution is 2.17. The summed E-state index contributed by atoms with van der Waals surface area (Å²) in [5.74, 6) is -0.544. The number of hydrogen-bond acceptors (Lipinski definition) is 5. The van der Waals surface area contributed by atoms with Crippen LogP contribution < -0.4 is 5.32 Å². The van der Waals surface area contributed by atoms with Crippen molar-refractivity contribution in [2.45, 2.75) is 238 Å². The van der Waals surface area contributed by atoms with Gasteiger partial charge in [-0.2, -0.15) is 0 Å². The molecule has 58 heavy (non-hydrogen) atoms. The Balaban J connectivity index is 4.62. The van der Waals surface area contributed by atoms with Crippen molar-refractivity contribution in [1.29, 1.82) is 0 Å². The van der Waals surface area contributed by atoms with Crippen molar-refractivity contribution >= 4 is 11.9 Å². The highest BCUT2D eigenvalue weighted by molar-refractivity contribution is 5.77. The lowest BCUT2D eigenvalue weighted by Gasteiger charge is -2.24. The molecule has 0 bridgehead atoms. The van der Waals surface area contributed by atoms with Crippen molar-refractivity contribution in [2.75, 3.05) is 6.61 Å². The van der Waals surface area contributed by atoms with Gasteiger partial charge in [0.2, 0.25) is 5.91 Å². The van der Waals surface area contributed by atoms with Crippen LogP contribution in [0.4, 0.5) is 0 Å². The van der Waals surface area contributed by atoms with Gasteiger partial charge in [0.1, 0.15) is 6.10 Å². The van der Waals surface area contributed by atoms with Gasteiger partial charge in [0.25, 0.3) is 0 Å². The van der Waals surface area contributed by atoms with Crippen LogP contribution in [-0.4, -0.2) is 46.9 Å². The van der Waals surface area contributed by atoms with Crippen molar-refractivity contribution in [2.24, 2.45) is 0 Å². The van der Waals surface area contributed by atoms with E-state index in [0.717, 1.165) is 83.5 Å². The summed E-state index contributed by atoms with van der Waals surface area (Å²) >= 11 is 0. The van der Waals surface area contributed by atoms with Crippen LogP contribution in [0.3, 0.4) is 0 Å². The van der Waals surface area contributed by atoms with Crippen molar-refractivity contribution in [3.8, 4) is 0 Å². The minimum absolute atomic E-state index is 0.0465. The fraction of sp³-hybridized carbons (Fsp3) is 0.731. The third-order valence-electron chi connectivity index (χ3n) is 10.6. The van der Waals surface area contributed by atoms with Crippen molar-refractivity contribution in [3.05, 3.63) is 72.9 Å². The lowest BCUT2D eigenvalue weighted by molar-refractivity contribution is -0.151. The number of unbranched alkanes of at least 4 members (excludes halogenated alkanes) is 22. The molecular formula is C52H91NO5. The smallest absolute Gasteiger partial charge is 0.306 e. The Morgan fingerprint density at radius 1 is 0.517 bits per heavy atom. The van der Waals surface area contributed by atoms with E-state index in [2.05, 4.69) is 56.5 Å². The maximum absolute atomic E-state index is 13.1. The Labute approximate surface area is 358 Å². The second-order valence-corrected chi connectivity index (χ2v) is 16.2. The molecule has 0 aliphatic carbocycles. The van der Waals surface area contributed by atoms with Gasteiger partial charge >= 0.3 is 5.97 Å². The predicted octanol–water partition coefficient (Wildman–Crippen LogP) is 14.2. The predicted molar refractivity (Wildman–Crippen MR) is 250 cm³/mol. The van der Waals surface area contributed by atoms with Crippen LogP contribution in [0.2, 0.25) is 0 Å². The molecule has 0 aliphatic rings. The molecule has 6 nitrogen and oxygen atoms in total. The van der Waals surface area contributed by atoms with Gasteiger partial charge in [-0.25, -0.2) is 0 Å². The van der Waals surface area contributed by atoms with Crippen LogP contribution in [0.1, 0.15) is 220 Å². The number of carbonyl (C=O) groups is 2. The molecule has 0 saturated carbocycles. The van der Waals surface area contributed by atoms with Crippen molar-refractivity contribution in [1.82, 2.24) is 5.32 Å². The van der Waals surface area contributed by atoms with Crippen LogP contribution in [-0.2, 0) is 14.3 Å². The molecule has 0 aromatic rings. The summed E-state index contributed by atoms with van der Waals surface area (Å²) in [6.07, 6.45) is 56.7. The van der Waals surface area contributed by atoms with Gasteiger partial charge in [0.15, 0.2) is 0 Å². The van der Waals surface area contributed by atoms with E-state index in [1.54, 1.807) is 0 Å². The minimum Gasteiger partial charge on any atom is -0.462 e. The molecule has 3 N–H and O–H groups in total. The lowest BCUT2D eigenvalue weighted by Crippen LogP contribution is -2.46. The molecule has 0 fully saturated rings. The molecule has 1 amide bonds. The summed E-state index contributed by atoms with van der Waals surface area (Å²) < 4.78 is 5.88. The molecule has 0 aliphatic heterocycles. The van der Waals surface area contributed by atoms with Gasteiger partial charge in [-0.3, -0.25) is 9.59 Å². The summed E-state index contributed by atoms with van der Waals surface area (Å²) in [6.45, 7) is 6.29. The van der Waals surface area contributed by atoms with Gasteiger partial charge in [-0.15, -0.1) is 0 Å². The molecule has 0 heterocycles. The third kappa shape index (κ3) is 40.1.